The molecule has 0 saturated carbocycles. The Hall–Kier alpha value is -6.22. The summed E-state index contributed by atoms with van der Waals surface area (Å²) in [4.78, 5) is 52.8. The van der Waals surface area contributed by atoms with E-state index in [2.05, 4.69) is 10.6 Å². The smallest absolute Gasteiger partial charge is 0.306 e. The van der Waals surface area contributed by atoms with Crippen LogP contribution in [0.4, 0.5) is 0 Å². The van der Waals surface area contributed by atoms with Gasteiger partial charge in [-0.3, -0.25) is 19.2 Å². The van der Waals surface area contributed by atoms with Gasteiger partial charge in [0, 0.05) is 42.5 Å². The average molecular weight is 695 g/mol. The first-order valence-corrected chi connectivity index (χ1v) is 17.5. The van der Waals surface area contributed by atoms with Gasteiger partial charge in [-0.1, -0.05) is 121 Å². The van der Waals surface area contributed by atoms with Crippen LogP contribution >= 0.6 is 0 Å². The predicted octanol–water partition coefficient (Wildman–Crippen LogP) is 6.46. The molecule has 0 saturated heterocycles. The van der Waals surface area contributed by atoms with E-state index >= 15 is 0 Å². The van der Waals surface area contributed by atoms with E-state index in [0.29, 0.717) is 18.5 Å². The number of benzene rings is 5. The standard InChI is InChI=1S/C43H42N4O5/c44-40(48)26-35(25-32-22-23-33-16-7-8-17-34(33)24-32)45-43(51)38(19-11-21-41(49)52-29-31-14-5-2-6-15-31)46-42(50)37-28-47(27-30-12-3-1-4-13-30)39-20-10-9-18-36(37)39/h1-10,12-18,20,22-24,28,35,38H,11,19,21,25-27,29H2,(H2,44,48)(H,45,51)(H,46,50)/t35-,38-/m0/s1. The summed E-state index contributed by atoms with van der Waals surface area (Å²) in [5, 5.41) is 8.81. The van der Waals surface area contributed by atoms with E-state index in [0.717, 1.165) is 38.4 Å². The second-order valence-electron chi connectivity index (χ2n) is 13.0. The lowest BCUT2D eigenvalue weighted by Crippen LogP contribution is -2.50. The molecule has 3 amide bonds. The van der Waals surface area contributed by atoms with Gasteiger partial charge in [0.2, 0.25) is 11.8 Å². The van der Waals surface area contributed by atoms with Gasteiger partial charge in [-0.05, 0) is 52.8 Å². The van der Waals surface area contributed by atoms with Gasteiger partial charge in [-0.2, -0.15) is 0 Å². The molecule has 6 aromatic rings. The monoisotopic (exact) mass is 694 g/mol. The van der Waals surface area contributed by atoms with Crippen molar-refractivity contribution in [3.05, 3.63) is 156 Å². The lowest BCUT2D eigenvalue weighted by Gasteiger charge is -2.23. The molecule has 52 heavy (non-hydrogen) atoms. The molecule has 1 heterocycles. The minimum absolute atomic E-state index is 0.0602. The first-order chi connectivity index (χ1) is 25.3. The second kappa shape index (κ2) is 17.1. The van der Waals surface area contributed by atoms with Crippen molar-refractivity contribution < 1.29 is 23.9 Å². The van der Waals surface area contributed by atoms with Crippen LogP contribution in [0.2, 0.25) is 0 Å². The molecule has 0 fully saturated rings. The number of carbonyl (C=O) groups excluding carboxylic acids is 4. The molecule has 0 spiro atoms. The van der Waals surface area contributed by atoms with Crippen molar-refractivity contribution in [1.29, 1.82) is 0 Å². The summed E-state index contributed by atoms with van der Waals surface area (Å²) in [7, 11) is 0. The van der Waals surface area contributed by atoms with Crippen molar-refractivity contribution >= 4 is 45.4 Å². The number of fused-ring (bicyclic) bond motifs is 2. The van der Waals surface area contributed by atoms with Gasteiger partial charge in [0.1, 0.15) is 12.6 Å². The van der Waals surface area contributed by atoms with E-state index in [1.165, 1.54) is 0 Å². The molecule has 6 rings (SSSR count). The molecule has 0 radical (unpaired) electrons. The Labute approximate surface area is 302 Å². The number of nitrogens with one attached hydrogen (secondary N) is 2. The minimum atomic E-state index is -1.00. The van der Waals surface area contributed by atoms with Gasteiger partial charge < -0.3 is 25.7 Å². The van der Waals surface area contributed by atoms with Crippen LogP contribution in [0.5, 0.6) is 0 Å². The third-order valence-electron chi connectivity index (χ3n) is 9.06. The minimum Gasteiger partial charge on any atom is -0.461 e. The van der Waals surface area contributed by atoms with Crippen LogP contribution in [0.15, 0.2) is 134 Å². The number of nitrogens with two attached hydrogens (primary N) is 1. The van der Waals surface area contributed by atoms with Crippen molar-refractivity contribution in [3.8, 4) is 0 Å². The Bertz CT molecular complexity index is 2160. The number of ether oxygens (including phenoxy) is 1. The molecule has 0 bridgehead atoms. The zero-order valence-electron chi connectivity index (χ0n) is 28.9. The van der Waals surface area contributed by atoms with Crippen LogP contribution in [-0.4, -0.2) is 40.3 Å². The van der Waals surface area contributed by atoms with Crippen molar-refractivity contribution in [2.24, 2.45) is 5.73 Å². The summed E-state index contributed by atoms with van der Waals surface area (Å²) in [6.07, 6.45) is 2.59. The van der Waals surface area contributed by atoms with E-state index in [-0.39, 0.29) is 32.3 Å². The molecule has 9 heteroatoms. The summed E-state index contributed by atoms with van der Waals surface area (Å²) in [6.45, 7) is 0.712. The molecule has 2 atom stereocenters. The number of hydrogen-bond acceptors (Lipinski definition) is 5. The summed E-state index contributed by atoms with van der Waals surface area (Å²) in [5.74, 6) is -1.85. The first-order valence-electron chi connectivity index (χ1n) is 17.5. The zero-order chi connectivity index (χ0) is 36.3. The average Bonchev–Trinajstić information content (AvgIpc) is 3.52. The highest BCUT2D eigenvalue weighted by Crippen LogP contribution is 2.23. The first kappa shape index (κ1) is 35.6. The lowest BCUT2D eigenvalue weighted by atomic mass is 9.99. The maximum absolute atomic E-state index is 14.0. The SMILES string of the molecule is NC(=O)C[C@H](Cc1ccc2ccccc2c1)NC(=O)[C@H](CCCC(=O)OCc1ccccc1)NC(=O)c1cn(Cc2ccccc2)c2ccccc12. The summed E-state index contributed by atoms with van der Waals surface area (Å²) in [6, 6.07) is 39.3. The predicted molar refractivity (Wildman–Crippen MR) is 202 cm³/mol. The van der Waals surface area contributed by atoms with Crippen molar-refractivity contribution in [3.63, 3.8) is 0 Å². The fourth-order valence-electron chi connectivity index (χ4n) is 6.47. The van der Waals surface area contributed by atoms with Crippen molar-refractivity contribution in [1.82, 2.24) is 15.2 Å². The van der Waals surface area contributed by atoms with Crippen LogP contribution in [0.3, 0.4) is 0 Å². The molecule has 0 aliphatic carbocycles. The largest absolute Gasteiger partial charge is 0.461 e. The van der Waals surface area contributed by atoms with E-state index in [1.54, 1.807) is 6.20 Å². The van der Waals surface area contributed by atoms with Crippen molar-refractivity contribution in [2.75, 3.05) is 0 Å². The van der Waals surface area contributed by atoms with Crippen molar-refractivity contribution in [2.45, 2.75) is 57.3 Å². The van der Waals surface area contributed by atoms with E-state index < -0.39 is 35.8 Å². The number of para-hydroxylation sites is 1. The molecule has 0 aliphatic rings. The van der Waals surface area contributed by atoms with Gasteiger partial charge >= 0.3 is 5.97 Å². The van der Waals surface area contributed by atoms with E-state index in [9.17, 15) is 19.2 Å². The molecule has 1 aromatic heterocycles. The maximum atomic E-state index is 14.0. The fourth-order valence-corrected chi connectivity index (χ4v) is 6.47. The fraction of sp³-hybridized carbons (Fsp3) is 0.209. The highest BCUT2D eigenvalue weighted by Gasteiger charge is 2.27. The van der Waals surface area contributed by atoms with Gasteiger partial charge in [0.25, 0.3) is 5.91 Å². The molecule has 0 unspecified atom stereocenters. The number of primary amides is 1. The Morgan fingerprint density at radius 3 is 2.13 bits per heavy atom. The van der Waals surface area contributed by atoms with Crippen LogP contribution in [0.1, 0.15) is 52.7 Å². The van der Waals surface area contributed by atoms with Crippen LogP contribution in [0.25, 0.3) is 21.7 Å². The van der Waals surface area contributed by atoms with Crippen LogP contribution in [0, 0.1) is 0 Å². The van der Waals surface area contributed by atoms with E-state index in [4.69, 9.17) is 10.5 Å². The third-order valence-corrected chi connectivity index (χ3v) is 9.06. The Balaban J connectivity index is 1.20. The molecule has 264 valence electrons. The molecule has 4 N–H and O–H groups in total. The van der Waals surface area contributed by atoms with Gasteiger partial charge in [-0.15, -0.1) is 0 Å². The number of hydrogen-bond donors (Lipinski definition) is 3. The Morgan fingerprint density at radius 1 is 0.712 bits per heavy atom. The highest BCUT2D eigenvalue weighted by atomic mass is 16.5. The van der Waals surface area contributed by atoms with Crippen LogP contribution in [-0.2, 0) is 38.7 Å². The number of carbonyl (C=O) groups is 4. The van der Waals surface area contributed by atoms with Crippen LogP contribution < -0.4 is 16.4 Å². The van der Waals surface area contributed by atoms with E-state index in [1.807, 2.05) is 132 Å². The lowest BCUT2D eigenvalue weighted by molar-refractivity contribution is -0.145. The zero-order valence-corrected chi connectivity index (χ0v) is 28.9. The normalized spacial score (nSPS) is 12.2. The maximum Gasteiger partial charge on any atom is 0.306 e. The quantitative estimate of drug-likeness (QED) is 0.100. The molecule has 0 aliphatic heterocycles. The number of esters is 1. The molecular formula is C43H42N4O5. The van der Waals surface area contributed by atoms with Gasteiger partial charge in [0.15, 0.2) is 0 Å². The summed E-state index contributed by atoms with van der Waals surface area (Å²) in [5.41, 5.74) is 9.82. The topological polar surface area (TPSA) is 133 Å². The number of amides is 3. The highest BCUT2D eigenvalue weighted by molar-refractivity contribution is 6.08. The molecule has 9 nitrogen and oxygen atoms in total. The Morgan fingerprint density at radius 2 is 1.38 bits per heavy atom. The molecular weight excluding hydrogens is 652 g/mol. The Kier molecular flexibility index (Phi) is 11.7. The van der Waals surface area contributed by atoms with Gasteiger partial charge in [0.05, 0.1) is 5.56 Å². The third kappa shape index (κ3) is 9.51. The number of nitrogens with zero attached hydrogens (tertiary/aromatic N) is 1. The molecule has 5 aromatic carbocycles. The number of aromatic nitrogens is 1. The number of rotatable bonds is 16. The van der Waals surface area contributed by atoms with Gasteiger partial charge in [-0.25, -0.2) is 0 Å². The second-order valence-corrected chi connectivity index (χ2v) is 13.0. The summed E-state index contributed by atoms with van der Waals surface area (Å²) >= 11 is 0. The summed E-state index contributed by atoms with van der Waals surface area (Å²) < 4.78 is 7.46.